The number of nitrogens with zero attached hydrogens (tertiary/aromatic N) is 1. The number of rotatable bonds is 2. The van der Waals surface area contributed by atoms with Crippen LogP contribution in [0.5, 0.6) is 0 Å². The van der Waals surface area contributed by atoms with Crippen LogP contribution in [-0.2, 0) is 9.59 Å². The van der Waals surface area contributed by atoms with Gasteiger partial charge in [-0.3, -0.25) is 4.79 Å². The summed E-state index contributed by atoms with van der Waals surface area (Å²) in [5.41, 5.74) is 0.0812. The molecule has 1 N–H and O–H groups in total. The van der Waals surface area contributed by atoms with E-state index in [4.69, 9.17) is 0 Å². The number of fused-ring (bicyclic) bond motifs is 1. The summed E-state index contributed by atoms with van der Waals surface area (Å²) in [5, 5.41) is 9.42. The van der Waals surface area contributed by atoms with Crippen molar-refractivity contribution in [3.8, 4) is 0 Å². The molecular formula is C14H21NO3. The zero-order valence-corrected chi connectivity index (χ0v) is 11.1. The van der Waals surface area contributed by atoms with E-state index in [1.165, 1.54) is 0 Å². The average molecular weight is 251 g/mol. The first kappa shape index (κ1) is 12.0. The van der Waals surface area contributed by atoms with Crippen molar-refractivity contribution in [1.82, 2.24) is 4.90 Å². The largest absolute Gasteiger partial charge is 0.480 e. The molecule has 2 aliphatic carbocycles. The van der Waals surface area contributed by atoms with Gasteiger partial charge in [0, 0.05) is 12.5 Å². The highest BCUT2D eigenvalue weighted by molar-refractivity contribution is 5.88. The molecule has 4 unspecified atom stereocenters. The second-order valence-electron chi connectivity index (χ2n) is 6.87. The van der Waals surface area contributed by atoms with Gasteiger partial charge in [-0.05, 0) is 36.5 Å². The summed E-state index contributed by atoms with van der Waals surface area (Å²) in [5.74, 6) is -0.0404. The maximum atomic E-state index is 12.4. The van der Waals surface area contributed by atoms with Crippen molar-refractivity contribution in [2.75, 3.05) is 6.54 Å². The van der Waals surface area contributed by atoms with Crippen molar-refractivity contribution in [1.29, 1.82) is 0 Å². The lowest BCUT2D eigenvalue weighted by molar-refractivity contribution is -0.150. The maximum absolute atomic E-state index is 12.4. The van der Waals surface area contributed by atoms with E-state index in [2.05, 4.69) is 13.8 Å². The molecule has 18 heavy (non-hydrogen) atoms. The van der Waals surface area contributed by atoms with E-state index in [1.807, 2.05) is 0 Å². The van der Waals surface area contributed by atoms with Crippen LogP contribution in [0.3, 0.4) is 0 Å². The second-order valence-corrected chi connectivity index (χ2v) is 6.87. The van der Waals surface area contributed by atoms with Gasteiger partial charge in [-0.1, -0.05) is 20.3 Å². The van der Waals surface area contributed by atoms with Gasteiger partial charge in [0.25, 0.3) is 0 Å². The standard InChI is InChI=1S/C14H21NO3/c1-14(2)6-10(14)12(16)15-7-8-4-3-5-9(8)11(15)13(17)18/h8-11H,3-7H2,1-2H3,(H,17,18). The maximum Gasteiger partial charge on any atom is 0.326 e. The van der Waals surface area contributed by atoms with Gasteiger partial charge in [-0.15, -0.1) is 0 Å². The molecule has 0 radical (unpaired) electrons. The van der Waals surface area contributed by atoms with Crippen LogP contribution in [0.25, 0.3) is 0 Å². The molecule has 4 heteroatoms. The topological polar surface area (TPSA) is 57.6 Å². The normalized spacial score (nSPS) is 40.7. The molecule has 3 rings (SSSR count). The molecule has 0 bridgehead atoms. The molecule has 0 aromatic carbocycles. The third-order valence-corrected chi connectivity index (χ3v) is 5.24. The van der Waals surface area contributed by atoms with Crippen LogP contribution in [0.2, 0.25) is 0 Å². The first-order valence-electron chi connectivity index (χ1n) is 6.95. The van der Waals surface area contributed by atoms with Crippen LogP contribution < -0.4 is 0 Å². The van der Waals surface area contributed by atoms with Crippen LogP contribution in [0.4, 0.5) is 0 Å². The van der Waals surface area contributed by atoms with Gasteiger partial charge in [0.15, 0.2) is 0 Å². The van der Waals surface area contributed by atoms with Crippen molar-refractivity contribution >= 4 is 11.9 Å². The molecule has 3 fully saturated rings. The van der Waals surface area contributed by atoms with E-state index < -0.39 is 12.0 Å². The lowest BCUT2D eigenvalue weighted by Gasteiger charge is -2.25. The second kappa shape index (κ2) is 3.72. The number of hydrogen-bond acceptors (Lipinski definition) is 2. The first-order chi connectivity index (χ1) is 8.42. The van der Waals surface area contributed by atoms with Crippen molar-refractivity contribution in [2.45, 2.75) is 45.6 Å². The molecule has 4 atom stereocenters. The molecular weight excluding hydrogens is 230 g/mol. The zero-order chi connectivity index (χ0) is 13.1. The number of likely N-dealkylation sites (tertiary alicyclic amines) is 1. The molecule has 0 spiro atoms. The van der Waals surface area contributed by atoms with Crippen LogP contribution >= 0.6 is 0 Å². The fraction of sp³-hybridized carbons (Fsp3) is 0.857. The van der Waals surface area contributed by atoms with Crippen molar-refractivity contribution in [3.05, 3.63) is 0 Å². The summed E-state index contributed by atoms with van der Waals surface area (Å²) in [6.07, 6.45) is 4.09. The van der Waals surface area contributed by atoms with E-state index in [0.717, 1.165) is 25.7 Å². The van der Waals surface area contributed by atoms with E-state index >= 15 is 0 Å². The Morgan fingerprint density at radius 1 is 1.28 bits per heavy atom. The lowest BCUT2D eigenvalue weighted by atomic mass is 9.94. The minimum Gasteiger partial charge on any atom is -0.480 e. The molecule has 0 aromatic rings. The molecule has 3 aliphatic rings. The third-order valence-electron chi connectivity index (χ3n) is 5.24. The van der Waals surface area contributed by atoms with E-state index in [-0.39, 0.29) is 23.2 Å². The smallest absolute Gasteiger partial charge is 0.326 e. The number of amides is 1. The van der Waals surface area contributed by atoms with Gasteiger partial charge in [0.1, 0.15) is 6.04 Å². The SMILES string of the molecule is CC1(C)CC1C(=O)N1CC2CCCC2C1C(=O)O. The highest BCUT2D eigenvalue weighted by Crippen LogP contribution is 2.54. The first-order valence-corrected chi connectivity index (χ1v) is 6.95. The molecule has 0 aromatic heterocycles. The van der Waals surface area contributed by atoms with E-state index in [0.29, 0.717) is 12.5 Å². The Labute approximate surface area is 107 Å². The number of hydrogen-bond donors (Lipinski definition) is 1. The summed E-state index contributed by atoms with van der Waals surface area (Å²) < 4.78 is 0. The molecule has 2 saturated carbocycles. The Bertz CT molecular complexity index is 404. The van der Waals surface area contributed by atoms with Gasteiger partial charge < -0.3 is 10.0 Å². The van der Waals surface area contributed by atoms with Crippen LogP contribution in [0.15, 0.2) is 0 Å². The van der Waals surface area contributed by atoms with Crippen molar-refractivity contribution < 1.29 is 14.7 Å². The number of carbonyl (C=O) groups is 2. The lowest BCUT2D eigenvalue weighted by Crippen LogP contribution is -2.44. The fourth-order valence-corrected chi connectivity index (χ4v) is 3.94. The van der Waals surface area contributed by atoms with Crippen LogP contribution in [-0.4, -0.2) is 34.5 Å². The molecule has 1 saturated heterocycles. The molecule has 100 valence electrons. The number of aliphatic carboxylic acids is 1. The predicted molar refractivity (Wildman–Crippen MR) is 65.9 cm³/mol. The number of carbonyl (C=O) groups excluding carboxylic acids is 1. The summed E-state index contributed by atoms with van der Waals surface area (Å²) in [6, 6.07) is -0.554. The van der Waals surface area contributed by atoms with Crippen LogP contribution in [0, 0.1) is 23.2 Å². The van der Waals surface area contributed by atoms with E-state index in [1.54, 1.807) is 4.90 Å². The van der Waals surface area contributed by atoms with Gasteiger partial charge in [-0.25, -0.2) is 4.79 Å². The summed E-state index contributed by atoms with van der Waals surface area (Å²) in [6.45, 7) is 4.84. The van der Waals surface area contributed by atoms with E-state index in [9.17, 15) is 14.7 Å². The van der Waals surface area contributed by atoms with Gasteiger partial charge in [0.05, 0.1) is 0 Å². The fourth-order valence-electron chi connectivity index (χ4n) is 3.94. The zero-order valence-electron chi connectivity index (χ0n) is 11.1. The monoisotopic (exact) mass is 251 g/mol. The summed E-state index contributed by atoms with van der Waals surface area (Å²) in [4.78, 5) is 25.6. The van der Waals surface area contributed by atoms with Crippen molar-refractivity contribution in [3.63, 3.8) is 0 Å². The Morgan fingerprint density at radius 3 is 2.50 bits per heavy atom. The molecule has 4 nitrogen and oxygen atoms in total. The molecule has 1 amide bonds. The average Bonchev–Trinajstić information content (AvgIpc) is 2.65. The van der Waals surface area contributed by atoms with Gasteiger partial charge >= 0.3 is 5.97 Å². The molecule has 1 heterocycles. The highest BCUT2D eigenvalue weighted by Gasteiger charge is 2.57. The quantitative estimate of drug-likeness (QED) is 0.813. The Morgan fingerprint density at radius 2 is 1.94 bits per heavy atom. The van der Waals surface area contributed by atoms with Gasteiger partial charge in [0.2, 0.25) is 5.91 Å². The number of carboxylic acid groups (broad SMARTS) is 1. The Hall–Kier alpha value is -1.06. The minimum atomic E-state index is -0.809. The Kier molecular flexibility index (Phi) is 2.48. The van der Waals surface area contributed by atoms with Gasteiger partial charge in [-0.2, -0.15) is 0 Å². The summed E-state index contributed by atoms with van der Waals surface area (Å²) in [7, 11) is 0. The van der Waals surface area contributed by atoms with Crippen molar-refractivity contribution in [2.24, 2.45) is 23.2 Å². The van der Waals surface area contributed by atoms with Crippen LogP contribution in [0.1, 0.15) is 39.5 Å². The summed E-state index contributed by atoms with van der Waals surface area (Å²) >= 11 is 0. The molecule has 1 aliphatic heterocycles. The third kappa shape index (κ3) is 1.65. The highest BCUT2D eigenvalue weighted by atomic mass is 16.4. The Balaban J connectivity index is 1.79. The number of carboxylic acids is 1. The predicted octanol–water partition coefficient (Wildman–Crippen LogP) is 1.74. The minimum absolute atomic E-state index is 0.0539.